The number of nitrogens with zero attached hydrogens (tertiary/aromatic N) is 1. The zero-order valence-corrected chi connectivity index (χ0v) is 29.7. The van der Waals surface area contributed by atoms with Crippen LogP contribution in [0.1, 0.15) is 73.2 Å². The molecule has 0 aliphatic carbocycles. The van der Waals surface area contributed by atoms with Crippen LogP contribution in [0, 0.1) is 0 Å². The van der Waals surface area contributed by atoms with Gasteiger partial charge in [-0.1, -0.05) is 91.3 Å². The minimum absolute atomic E-state index is 0.00854. The Labute approximate surface area is 306 Å². The predicted molar refractivity (Wildman–Crippen MR) is 202 cm³/mol. The van der Waals surface area contributed by atoms with Crippen LogP contribution in [0.3, 0.4) is 0 Å². The number of aliphatic hydroxyl groups is 1. The molecule has 0 spiro atoms. The van der Waals surface area contributed by atoms with Gasteiger partial charge < -0.3 is 35.7 Å². The normalized spacial score (nSPS) is 19.2. The lowest BCUT2D eigenvalue weighted by molar-refractivity contribution is -0.253. The number of rotatable bonds is 15. The van der Waals surface area contributed by atoms with Gasteiger partial charge in [0.1, 0.15) is 0 Å². The highest BCUT2D eigenvalue weighted by Crippen LogP contribution is 2.39. The Morgan fingerprint density at radius 3 is 2.23 bits per heavy atom. The summed E-state index contributed by atoms with van der Waals surface area (Å²) in [6, 6.07) is 31.6. The van der Waals surface area contributed by atoms with Crippen molar-refractivity contribution in [2.24, 2.45) is 0 Å². The molecular weight excluding hydrogens is 656 g/mol. The van der Waals surface area contributed by atoms with E-state index in [1.807, 2.05) is 54.6 Å². The summed E-state index contributed by atoms with van der Waals surface area (Å²) in [6.45, 7) is 4.50. The molecule has 10 nitrogen and oxygen atoms in total. The third kappa shape index (κ3) is 10.5. The molecule has 0 saturated carbocycles. The van der Waals surface area contributed by atoms with Crippen LogP contribution in [0.15, 0.2) is 97.1 Å². The van der Waals surface area contributed by atoms with E-state index < -0.39 is 6.29 Å². The number of nitrogen functional groups attached to an aromatic ring is 1. The Balaban J connectivity index is 1.02. The summed E-state index contributed by atoms with van der Waals surface area (Å²) in [5.41, 5.74) is 13.1. The fourth-order valence-electron chi connectivity index (χ4n) is 6.73. The summed E-state index contributed by atoms with van der Waals surface area (Å²) in [5.74, 6) is -0.0847. The number of unbranched alkanes of at least 4 members (excludes halogenated alkanes) is 2. The van der Waals surface area contributed by atoms with Crippen molar-refractivity contribution in [1.29, 1.82) is 0 Å². The van der Waals surface area contributed by atoms with Gasteiger partial charge >= 0.3 is 0 Å². The second-order valence-corrected chi connectivity index (χ2v) is 13.5. The third-order valence-electron chi connectivity index (χ3n) is 9.71. The van der Waals surface area contributed by atoms with Crippen LogP contribution < -0.4 is 16.4 Å². The zero-order valence-electron chi connectivity index (χ0n) is 29.7. The standard InChI is InChI=1S/C42H50N4O6/c43-37-10-6-7-11-38(37)45-41(49)13-3-1-2-12-40(48)44-27-34-8-4-5-9-36(34)31-18-20-33(21-19-31)42-51-35(28-46-22-24-50-25-23-46)26-39(52-42)32-16-14-30(29-47)15-17-32/h4-11,14-21,35,39,42,47H,1-3,12-13,22-29,43H2,(H,44,48)(H,45,49). The van der Waals surface area contributed by atoms with Gasteiger partial charge in [0, 0.05) is 51.0 Å². The van der Waals surface area contributed by atoms with Gasteiger partial charge in [-0.2, -0.15) is 0 Å². The van der Waals surface area contributed by atoms with Crippen LogP contribution in [0.2, 0.25) is 0 Å². The highest BCUT2D eigenvalue weighted by molar-refractivity contribution is 5.93. The summed E-state index contributed by atoms with van der Waals surface area (Å²) in [7, 11) is 0. The Morgan fingerprint density at radius 2 is 1.48 bits per heavy atom. The number of ether oxygens (including phenoxy) is 3. The van der Waals surface area contributed by atoms with Gasteiger partial charge in [0.25, 0.3) is 0 Å². The Bertz CT molecular complexity index is 1740. The van der Waals surface area contributed by atoms with Crippen molar-refractivity contribution in [3.8, 4) is 11.1 Å². The molecule has 0 bridgehead atoms. The van der Waals surface area contributed by atoms with Gasteiger partial charge in [0.15, 0.2) is 6.29 Å². The summed E-state index contributed by atoms with van der Waals surface area (Å²) in [5, 5.41) is 15.5. The zero-order chi connectivity index (χ0) is 36.1. The second-order valence-electron chi connectivity index (χ2n) is 13.5. The average Bonchev–Trinajstić information content (AvgIpc) is 3.18. The second kappa shape index (κ2) is 18.8. The van der Waals surface area contributed by atoms with E-state index in [9.17, 15) is 14.7 Å². The lowest BCUT2D eigenvalue weighted by Crippen LogP contribution is -2.44. The maximum absolute atomic E-state index is 12.7. The van der Waals surface area contributed by atoms with Gasteiger partial charge in [-0.3, -0.25) is 14.5 Å². The van der Waals surface area contributed by atoms with Crippen molar-refractivity contribution in [2.45, 2.75) is 70.2 Å². The number of hydrogen-bond acceptors (Lipinski definition) is 8. The third-order valence-corrected chi connectivity index (χ3v) is 9.71. The van der Waals surface area contributed by atoms with Crippen molar-refractivity contribution in [3.63, 3.8) is 0 Å². The molecule has 274 valence electrons. The quantitative estimate of drug-likeness (QED) is 0.0812. The largest absolute Gasteiger partial charge is 0.397 e. The first kappa shape index (κ1) is 37.2. The molecule has 0 radical (unpaired) electrons. The van der Waals surface area contributed by atoms with E-state index in [0.717, 1.165) is 79.1 Å². The van der Waals surface area contributed by atoms with Gasteiger partial charge in [-0.15, -0.1) is 0 Å². The van der Waals surface area contributed by atoms with E-state index in [0.29, 0.717) is 43.6 Å². The number of carbonyl (C=O) groups excluding carboxylic acids is 2. The van der Waals surface area contributed by atoms with Crippen molar-refractivity contribution >= 4 is 23.2 Å². The Kier molecular flexibility index (Phi) is 13.4. The minimum Gasteiger partial charge on any atom is -0.397 e. The molecule has 6 rings (SSSR count). The number of para-hydroxylation sites is 2. The summed E-state index contributed by atoms with van der Waals surface area (Å²) in [6.07, 6.45) is 3.06. The van der Waals surface area contributed by atoms with Crippen LogP contribution in [0.5, 0.6) is 0 Å². The fraction of sp³-hybridized carbons (Fsp3) is 0.381. The molecule has 10 heteroatoms. The molecule has 2 fully saturated rings. The smallest absolute Gasteiger partial charge is 0.224 e. The number of morpholine rings is 1. The first-order chi connectivity index (χ1) is 25.4. The van der Waals surface area contributed by atoms with Crippen LogP contribution in [-0.4, -0.2) is 60.8 Å². The molecule has 2 amide bonds. The number of nitrogens with one attached hydrogen (secondary N) is 2. The molecule has 5 N–H and O–H groups in total. The topological polar surface area (TPSA) is 135 Å². The highest BCUT2D eigenvalue weighted by atomic mass is 16.7. The number of anilines is 2. The molecule has 4 aromatic rings. The predicted octanol–water partition coefficient (Wildman–Crippen LogP) is 6.51. The lowest BCUT2D eigenvalue weighted by atomic mass is 9.97. The molecular formula is C42H50N4O6. The molecule has 0 aromatic heterocycles. The van der Waals surface area contributed by atoms with Crippen molar-refractivity contribution in [1.82, 2.24) is 10.2 Å². The lowest BCUT2D eigenvalue weighted by Gasteiger charge is -2.39. The van der Waals surface area contributed by atoms with Crippen molar-refractivity contribution in [3.05, 3.63) is 119 Å². The molecule has 2 heterocycles. The molecule has 3 unspecified atom stereocenters. The molecule has 4 aromatic carbocycles. The maximum atomic E-state index is 12.7. The Morgan fingerprint density at radius 1 is 0.788 bits per heavy atom. The van der Waals surface area contributed by atoms with Crippen LogP contribution in [-0.2, 0) is 37.0 Å². The molecule has 2 aliphatic heterocycles. The maximum Gasteiger partial charge on any atom is 0.224 e. The SMILES string of the molecule is Nc1ccccc1NC(=O)CCCCCC(=O)NCc1ccccc1-c1ccc(C2OC(CN3CCOCC3)CC(c3ccc(CO)cc3)O2)cc1. The van der Waals surface area contributed by atoms with Gasteiger partial charge in [0.05, 0.1) is 43.4 Å². The summed E-state index contributed by atoms with van der Waals surface area (Å²) < 4.78 is 18.7. The van der Waals surface area contributed by atoms with Gasteiger partial charge in [0.2, 0.25) is 11.8 Å². The van der Waals surface area contributed by atoms with Gasteiger partial charge in [-0.05, 0) is 52.8 Å². The molecule has 2 saturated heterocycles. The van der Waals surface area contributed by atoms with E-state index >= 15 is 0 Å². The minimum atomic E-state index is -0.525. The number of nitrogens with two attached hydrogens (primary N) is 1. The Hall–Kier alpha value is -4.58. The summed E-state index contributed by atoms with van der Waals surface area (Å²) in [4.78, 5) is 27.4. The van der Waals surface area contributed by atoms with Gasteiger partial charge in [-0.25, -0.2) is 0 Å². The first-order valence-electron chi connectivity index (χ1n) is 18.3. The number of hydrogen-bond donors (Lipinski definition) is 4. The van der Waals surface area contributed by atoms with E-state index in [2.05, 4.69) is 45.9 Å². The summed E-state index contributed by atoms with van der Waals surface area (Å²) >= 11 is 0. The number of carbonyl (C=O) groups is 2. The van der Waals surface area contributed by atoms with Crippen molar-refractivity contribution < 1.29 is 28.9 Å². The highest BCUT2D eigenvalue weighted by Gasteiger charge is 2.33. The number of benzene rings is 4. The van der Waals surface area contributed by atoms with Crippen LogP contribution in [0.4, 0.5) is 11.4 Å². The monoisotopic (exact) mass is 706 g/mol. The van der Waals surface area contributed by atoms with Crippen LogP contribution >= 0.6 is 0 Å². The number of amides is 2. The average molecular weight is 707 g/mol. The molecule has 2 aliphatic rings. The molecule has 52 heavy (non-hydrogen) atoms. The van der Waals surface area contributed by atoms with E-state index in [4.69, 9.17) is 19.9 Å². The fourth-order valence-corrected chi connectivity index (χ4v) is 6.73. The van der Waals surface area contributed by atoms with E-state index in [1.54, 1.807) is 12.1 Å². The van der Waals surface area contributed by atoms with Crippen molar-refractivity contribution in [2.75, 3.05) is 43.9 Å². The number of aliphatic hydroxyl groups excluding tert-OH is 1. The van der Waals surface area contributed by atoms with Crippen LogP contribution in [0.25, 0.3) is 11.1 Å². The van der Waals surface area contributed by atoms with E-state index in [1.165, 1.54) is 0 Å². The molecule has 3 atom stereocenters. The van der Waals surface area contributed by atoms with E-state index in [-0.39, 0.29) is 30.6 Å². The first-order valence-corrected chi connectivity index (χ1v) is 18.3.